The van der Waals surface area contributed by atoms with Gasteiger partial charge in [-0.05, 0) is 25.8 Å². The van der Waals surface area contributed by atoms with Crippen molar-refractivity contribution in [1.29, 1.82) is 0 Å². The molecule has 0 unspecified atom stereocenters. The number of carbonyl (C=O) groups is 1. The van der Waals surface area contributed by atoms with Crippen LogP contribution >= 0.6 is 0 Å². The van der Waals surface area contributed by atoms with Crippen LogP contribution < -0.4 is 5.32 Å². The predicted octanol–water partition coefficient (Wildman–Crippen LogP) is 1.46. The average molecular weight is 288 g/mol. The molecule has 6 heteroatoms. The van der Waals surface area contributed by atoms with Gasteiger partial charge < -0.3 is 10.4 Å². The number of fused-ring (bicyclic) bond motifs is 1. The summed E-state index contributed by atoms with van der Waals surface area (Å²) in [6.07, 6.45) is 8.10. The van der Waals surface area contributed by atoms with Gasteiger partial charge in [0.1, 0.15) is 5.56 Å². The highest BCUT2D eigenvalue weighted by molar-refractivity contribution is 6.01. The first-order chi connectivity index (χ1) is 10.1. The molecule has 3 rings (SSSR count). The average Bonchev–Trinajstić information content (AvgIpc) is 2.81. The molecule has 0 bridgehead atoms. The molecule has 1 amide bonds. The van der Waals surface area contributed by atoms with Crippen molar-refractivity contribution >= 4 is 11.6 Å². The lowest BCUT2D eigenvalue weighted by atomic mass is 9.85. The minimum atomic E-state index is -0.766. The standard InChI is InChI=1S/C15H20N4O2/c1-11-12(13-16-8-5-9-19(13)18-11)14(20)17-10-15(21)6-3-2-4-7-15/h5,8-9,21H,2-4,6-7,10H2,1H3,(H,17,20). The van der Waals surface area contributed by atoms with E-state index in [1.54, 1.807) is 29.9 Å². The second-order valence-corrected chi connectivity index (χ2v) is 5.82. The molecule has 2 heterocycles. The van der Waals surface area contributed by atoms with E-state index in [0.717, 1.165) is 32.1 Å². The van der Waals surface area contributed by atoms with E-state index in [4.69, 9.17) is 0 Å². The molecule has 6 nitrogen and oxygen atoms in total. The summed E-state index contributed by atoms with van der Waals surface area (Å²) >= 11 is 0. The normalized spacial score (nSPS) is 17.8. The van der Waals surface area contributed by atoms with Gasteiger partial charge in [-0.25, -0.2) is 9.50 Å². The maximum atomic E-state index is 12.4. The molecule has 1 fully saturated rings. The van der Waals surface area contributed by atoms with Crippen molar-refractivity contribution < 1.29 is 9.90 Å². The third-order valence-corrected chi connectivity index (χ3v) is 4.16. The molecule has 21 heavy (non-hydrogen) atoms. The number of aliphatic hydroxyl groups is 1. The van der Waals surface area contributed by atoms with E-state index in [9.17, 15) is 9.90 Å². The first kappa shape index (κ1) is 14.0. The Morgan fingerprint density at radius 1 is 1.43 bits per heavy atom. The van der Waals surface area contributed by atoms with Gasteiger partial charge in [0.25, 0.3) is 5.91 Å². The zero-order chi connectivity index (χ0) is 14.9. The first-order valence-electron chi connectivity index (χ1n) is 7.40. The molecule has 1 aliphatic carbocycles. The summed E-state index contributed by atoms with van der Waals surface area (Å²) in [5.41, 5.74) is 0.901. The number of rotatable bonds is 3. The van der Waals surface area contributed by atoms with Crippen LogP contribution in [0.4, 0.5) is 0 Å². The number of amides is 1. The third-order valence-electron chi connectivity index (χ3n) is 4.16. The van der Waals surface area contributed by atoms with Gasteiger partial charge in [-0.2, -0.15) is 5.10 Å². The molecule has 2 aromatic rings. The minimum absolute atomic E-state index is 0.222. The van der Waals surface area contributed by atoms with Crippen LogP contribution in [0.25, 0.3) is 5.65 Å². The lowest BCUT2D eigenvalue weighted by Gasteiger charge is -2.32. The van der Waals surface area contributed by atoms with Crippen LogP contribution in [0.5, 0.6) is 0 Å². The molecule has 0 aromatic carbocycles. The van der Waals surface area contributed by atoms with Crippen LogP contribution in [0, 0.1) is 6.92 Å². The zero-order valence-electron chi connectivity index (χ0n) is 12.2. The Kier molecular flexibility index (Phi) is 3.63. The van der Waals surface area contributed by atoms with Gasteiger partial charge >= 0.3 is 0 Å². The van der Waals surface area contributed by atoms with Crippen LogP contribution in [-0.2, 0) is 0 Å². The van der Waals surface area contributed by atoms with Gasteiger partial charge in [-0.1, -0.05) is 19.3 Å². The molecule has 2 N–H and O–H groups in total. The lowest BCUT2D eigenvalue weighted by molar-refractivity contribution is 0.00526. The first-order valence-corrected chi connectivity index (χ1v) is 7.40. The summed E-state index contributed by atoms with van der Waals surface area (Å²) in [4.78, 5) is 16.6. The summed E-state index contributed by atoms with van der Waals surface area (Å²) in [7, 11) is 0. The summed E-state index contributed by atoms with van der Waals surface area (Å²) in [6, 6.07) is 1.77. The monoisotopic (exact) mass is 288 g/mol. The van der Waals surface area contributed by atoms with Gasteiger partial charge in [-0.15, -0.1) is 0 Å². The van der Waals surface area contributed by atoms with Gasteiger partial charge in [0.15, 0.2) is 5.65 Å². The highest BCUT2D eigenvalue weighted by Gasteiger charge is 2.30. The fourth-order valence-corrected chi connectivity index (χ4v) is 2.98. The second kappa shape index (κ2) is 5.44. The third kappa shape index (κ3) is 2.76. The van der Waals surface area contributed by atoms with Gasteiger partial charge in [0, 0.05) is 18.9 Å². The molecule has 112 valence electrons. The van der Waals surface area contributed by atoms with E-state index in [1.165, 1.54) is 0 Å². The smallest absolute Gasteiger partial charge is 0.257 e. The summed E-state index contributed by atoms with van der Waals surface area (Å²) < 4.78 is 1.60. The molecule has 0 radical (unpaired) electrons. The highest BCUT2D eigenvalue weighted by atomic mass is 16.3. The Balaban J connectivity index is 1.76. The van der Waals surface area contributed by atoms with Crippen molar-refractivity contribution in [3.8, 4) is 0 Å². The maximum absolute atomic E-state index is 12.4. The van der Waals surface area contributed by atoms with E-state index in [1.807, 2.05) is 0 Å². The molecular formula is C15H20N4O2. The lowest BCUT2D eigenvalue weighted by Crippen LogP contribution is -2.44. The molecule has 0 saturated heterocycles. The second-order valence-electron chi connectivity index (χ2n) is 5.82. The fourth-order valence-electron chi connectivity index (χ4n) is 2.98. The maximum Gasteiger partial charge on any atom is 0.257 e. The van der Waals surface area contributed by atoms with Gasteiger partial charge in [0.2, 0.25) is 0 Å². The Hall–Kier alpha value is -1.95. The van der Waals surface area contributed by atoms with E-state index in [2.05, 4.69) is 15.4 Å². The molecule has 0 atom stereocenters. The SMILES string of the molecule is Cc1nn2cccnc2c1C(=O)NCC1(O)CCCCC1. The minimum Gasteiger partial charge on any atom is -0.388 e. The van der Waals surface area contributed by atoms with Crippen LogP contribution in [0.2, 0.25) is 0 Å². The number of hydrogen-bond donors (Lipinski definition) is 2. The van der Waals surface area contributed by atoms with Crippen LogP contribution in [0.1, 0.15) is 48.2 Å². The van der Waals surface area contributed by atoms with Gasteiger partial charge in [0.05, 0.1) is 11.3 Å². The molecule has 0 aliphatic heterocycles. The predicted molar refractivity (Wildman–Crippen MR) is 78.1 cm³/mol. The Morgan fingerprint density at radius 3 is 2.95 bits per heavy atom. The highest BCUT2D eigenvalue weighted by Crippen LogP contribution is 2.27. The molecular weight excluding hydrogens is 268 g/mol. The number of aromatic nitrogens is 3. The van der Waals surface area contributed by atoms with Gasteiger partial charge in [-0.3, -0.25) is 4.79 Å². The van der Waals surface area contributed by atoms with E-state index < -0.39 is 5.60 Å². The summed E-state index contributed by atoms with van der Waals surface area (Å²) in [5.74, 6) is -0.222. The largest absolute Gasteiger partial charge is 0.388 e. The van der Waals surface area contributed by atoms with Crippen LogP contribution in [-0.4, -0.2) is 37.8 Å². The van der Waals surface area contributed by atoms with E-state index >= 15 is 0 Å². The molecule has 0 spiro atoms. The van der Waals surface area contributed by atoms with E-state index in [-0.39, 0.29) is 12.5 Å². The number of hydrogen-bond acceptors (Lipinski definition) is 4. The van der Waals surface area contributed by atoms with Crippen LogP contribution in [0.3, 0.4) is 0 Å². The topological polar surface area (TPSA) is 79.5 Å². The number of aryl methyl sites for hydroxylation is 1. The van der Waals surface area contributed by atoms with Crippen molar-refractivity contribution in [2.24, 2.45) is 0 Å². The summed E-state index contributed by atoms with van der Waals surface area (Å²) in [6.45, 7) is 2.08. The van der Waals surface area contributed by atoms with E-state index in [0.29, 0.717) is 16.9 Å². The zero-order valence-corrected chi connectivity index (χ0v) is 12.2. The van der Waals surface area contributed by atoms with Crippen molar-refractivity contribution in [1.82, 2.24) is 19.9 Å². The summed E-state index contributed by atoms with van der Waals surface area (Å²) in [5, 5.41) is 17.6. The number of nitrogens with one attached hydrogen (secondary N) is 1. The van der Waals surface area contributed by atoms with Crippen LogP contribution in [0.15, 0.2) is 18.5 Å². The fraction of sp³-hybridized carbons (Fsp3) is 0.533. The Morgan fingerprint density at radius 2 is 2.19 bits per heavy atom. The molecule has 1 saturated carbocycles. The number of carbonyl (C=O) groups excluding carboxylic acids is 1. The van der Waals surface area contributed by atoms with Crippen molar-refractivity contribution in [2.75, 3.05) is 6.54 Å². The van der Waals surface area contributed by atoms with Crippen molar-refractivity contribution in [3.63, 3.8) is 0 Å². The Labute approximate surface area is 123 Å². The number of nitrogens with zero attached hydrogens (tertiary/aromatic N) is 3. The quantitative estimate of drug-likeness (QED) is 0.896. The molecule has 1 aliphatic rings. The van der Waals surface area contributed by atoms with Crippen molar-refractivity contribution in [2.45, 2.75) is 44.6 Å². The Bertz CT molecular complexity index is 659. The van der Waals surface area contributed by atoms with Crippen molar-refractivity contribution in [3.05, 3.63) is 29.7 Å². The molecule has 2 aromatic heterocycles.